The van der Waals surface area contributed by atoms with Crippen molar-refractivity contribution in [3.8, 4) is 0 Å². The van der Waals surface area contributed by atoms with Crippen molar-refractivity contribution in [1.29, 1.82) is 0 Å². The van der Waals surface area contributed by atoms with E-state index in [2.05, 4.69) is 21.2 Å². The van der Waals surface area contributed by atoms with Crippen LogP contribution in [-0.2, 0) is 4.79 Å². The highest BCUT2D eigenvalue weighted by Crippen LogP contribution is 2.73. The zero-order valence-corrected chi connectivity index (χ0v) is 13.3. The smallest absolute Gasteiger partial charge is 0.271 e. The topological polar surface area (TPSA) is 29.1 Å². The highest BCUT2D eigenvalue weighted by molar-refractivity contribution is 9.10. The Morgan fingerprint density at radius 2 is 1.90 bits per heavy atom. The molecule has 2 unspecified atom stereocenters. The Labute approximate surface area is 126 Å². The van der Waals surface area contributed by atoms with Crippen LogP contribution >= 0.6 is 15.9 Å². The molecule has 1 aromatic rings. The Morgan fingerprint density at radius 1 is 1.35 bits per heavy atom. The van der Waals surface area contributed by atoms with Crippen molar-refractivity contribution in [2.75, 3.05) is 7.05 Å². The summed E-state index contributed by atoms with van der Waals surface area (Å²) in [5.74, 6) is -4.57. The van der Waals surface area contributed by atoms with Crippen molar-refractivity contribution in [3.05, 3.63) is 34.3 Å². The molecule has 1 aliphatic rings. The molecule has 110 valence electrons. The molecule has 1 saturated carbocycles. The van der Waals surface area contributed by atoms with Crippen molar-refractivity contribution < 1.29 is 13.6 Å². The van der Waals surface area contributed by atoms with Gasteiger partial charge in [-0.1, -0.05) is 41.9 Å². The summed E-state index contributed by atoms with van der Waals surface area (Å²) < 4.78 is 29.7. The van der Waals surface area contributed by atoms with Crippen LogP contribution < -0.4 is 5.32 Å². The van der Waals surface area contributed by atoms with E-state index in [1.54, 1.807) is 24.3 Å². The molecule has 1 fully saturated rings. The Kier molecular flexibility index (Phi) is 3.93. The zero-order chi connectivity index (χ0) is 15.1. The largest absolute Gasteiger partial charge is 0.358 e. The minimum atomic E-state index is -2.99. The van der Waals surface area contributed by atoms with E-state index in [1.165, 1.54) is 7.05 Å². The summed E-state index contributed by atoms with van der Waals surface area (Å²) >= 11 is 3.29. The van der Waals surface area contributed by atoms with E-state index in [1.807, 2.05) is 13.8 Å². The molecule has 0 bridgehead atoms. The third kappa shape index (κ3) is 2.16. The lowest BCUT2D eigenvalue weighted by Gasteiger charge is -2.17. The Bertz CT molecular complexity index is 515. The van der Waals surface area contributed by atoms with E-state index in [0.717, 1.165) is 4.47 Å². The van der Waals surface area contributed by atoms with Gasteiger partial charge in [0.15, 0.2) is 0 Å². The maximum atomic E-state index is 14.4. The lowest BCUT2D eigenvalue weighted by molar-refractivity contribution is -0.130. The van der Waals surface area contributed by atoms with Crippen LogP contribution in [0.2, 0.25) is 0 Å². The van der Waals surface area contributed by atoms with Crippen LogP contribution in [0.4, 0.5) is 8.78 Å². The minimum absolute atomic E-state index is 0.0265. The van der Waals surface area contributed by atoms with Gasteiger partial charge < -0.3 is 5.32 Å². The first-order chi connectivity index (χ1) is 9.27. The molecular formula is C15H18BrF2NO. The van der Waals surface area contributed by atoms with E-state index < -0.39 is 23.2 Å². The highest BCUT2D eigenvalue weighted by atomic mass is 79.9. The second kappa shape index (κ2) is 5.10. The van der Waals surface area contributed by atoms with Gasteiger partial charge in [-0.3, -0.25) is 4.79 Å². The molecular weight excluding hydrogens is 328 g/mol. The number of rotatable bonds is 4. The zero-order valence-electron chi connectivity index (χ0n) is 11.7. The number of carbonyl (C=O) groups is 1. The lowest BCUT2D eigenvalue weighted by Crippen LogP contribution is -2.34. The molecule has 1 amide bonds. The summed E-state index contributed by atoms with van der Waals surface area (Å²) in [6.45, 7) is 3.72. The van der Waals surface area contributed by atoms with Gasteiger partial charge in [0.2, 0.25) is 5.91 Å². The van der Waals surface area contributed by atoms with Gasteiger partial charge in [0, 0.05) is 11.5 Å². The summed E-state index contributed by atoms with van der Waals surface area (Å²) in [4.78, 5) is 12.1. The summed E-state index contributed by atoms with van der Waals surface area (Å²) in [5, 5.41) is 2.41. The summed E-state index contributed by atoms with van der Waals surface area (Å²) in [5.41, 5.74) is -1.09. The third-order valence-electron chi connectivity index (χ3n) is 3.93. The van der Waals surface area contributed by atoms with Crippen molar-refractivity contribution in [1.82, 2.24) is 5.32 Å². The fourth-order valence-corrected chi connectivity index (χ4v) is 3.37. The van der Waals surface area contributed by atoms with Crippen LogP contribution in [0.5, 0.6) is 0 Å². The molecule has 0 radical (unpaired) electrons. The highest BCUT2D eigenvalue weighted by Gasteiger charge is 2.84. The van der Waals surface area contributed by atoms with E-state index in [-0.39, 0.29) is 12.3 Å². The average molecular weight is 346 g/mol. The number of hydrogen-bond donors (Lipinski definition) is 1. The minimum Gasteiger partial charge on any atom is -0.358 e. The first kappa shape index (κ1) is 15.4. The summed E-state index contributed by atoms with van der Waals surface area (Å²) in [6.07, 6.45) is 0.181. The molecule has 2 rings (SSSR count). The van der Waals surface area contributed by atoms with E-state index >= 15 is 0 Å². The lowest BCUT2D eigenvalue weighted by atomic mass is 9.88. The first-order valence-corrected chi connectivity index (χ1v) is 7.42. The molecule has 0 spiro atoms. The van der Waals surface area contributed by atoms with E-state index in [9.17, 15) is 13.6 Å². The van der Waals surface area contributed by atoms with Crippen LogP contribution in [0.25, 0.3) is 0 Å². The maximum Gasteiger partial charge on any atom is 0.271 e. The quantitative estimate of drug-likeness (QED) is 0.879. The molecule has 0 aromatic heterocycles. The van der Waals surface area contributed by atoms with E-state index in [0.29, 0.717) is 5.56 Å². The first-order valence-electron chi connectivity index (χ1n) is 6.62. The molecule has 5 heteroatoms. The molecule has 2 nitrogen and oxygen atoms in total. The van der Waals surface area contributed by atoms with Crippen molar-refractivity contribution in [3.63, 3.8) is 0 Å². The second-order valence-electron chi connectivity index (χ2n) is 5.76. The molecule has 1 aromatic carbocycles. The number of hydrogen-bond acceptors (Lipinski definition) is 1. The Morgan fingerprint density at radius 3 is 2.35 bits per heavy atom. The van der Waals surface area contributed by atoms with Gasteiger partial charge in [0.1, 0.15) is 5.41 Å². The number of halogens is 3. The number of carbonyl (C=O) groups excluding carboxylic acids is 1. The van der Waals surface area contributed by atoms with Crippen molar-refractivity contribution >= 4 is 21.8 Å². The van der Waals surface area contributed by atoms with Gasteiger partial charge in [0.25, 0.3) is 5.92 Å². The van der Waals surface area contributed by atoms with Gasteiger partial charge in [-0.25, -0.2) is 8.78 Å². The summed E-state index contributed by atoms with van der Waals surface area (Å²) in [7, 11) is 1.41. The normalized spacial score (nSPS) is 27.4. The number of nitrogens with one attached hydrogen (secondary N) is 1. The van der Waals surface area contributed by atoms with Crippen molar-refractivity contribution in [2.24, 2.45) is 11.3 Å². The molecule has 20 heavy (non-hydrogen) atoms. The second-order valence-corrected chi connectivity index (χ2v) is 6.67. The van der Waals surface area contributed by atoms with Gasteiger partial charge in [-0.2, -0.15) is 0 Å². The third-order valence-corrected chi connectivity index (χ3v) is 4.46. The van der Waals surface area contributed by atoms with Gasteiger partial charge in [-0.15, -0.1) is 0 Å². The van der Waals surface area contributed by atoms with Gasteiger partial charge >= 0.3 is 0 Å². The van der Waals surface area contributed by atoms with Gasteiger partial charge in [0.05, 0.1) is 5.92 Å². The number of benzene rings is 1. The standard InChI is InChI=1S/C15H18BrF2NO/c1-9(2)8-14(13(20)19-3)12(15(14,17)18)10-4-6-11(16)7-5-10/h4-7,9,12H,8H2,1-3H3,(H,19,20). The molecule has 0 heterocycles. The molecule has 1 aliphatic carbocycles. The van der Waals surface area contributed by atoms with Crippen LogP contribution in [0.15, 0.2) is 28.7 Å². The number of alkyl halides is 2. The fraction of sp³-hybridized carbons (Fsp3) is 0.533. The Hall–Kier alpha value is -0.970. The molecule has 1 N–H and O–H groups in total. The van der Waals surface area contributed by atoms with Crippen molar-refractivity contribution in [2.45, 2.75) is 32.1 Å². The average Bonchev–Trinajstić information content (AvgIpc) is 2.86. The monoisotopic (exact) mass is 345 g/mol. The van der Waals surface area contributed by atoms with Crippen LogP contribution in [0, 0.1) is 11.3 Å². The SMILES string of the molecule is CNC(=O)C1(CC(C)C)C(c2ccc(Br)cc2)C1(F)F. The Balaban J connectivity index is 2.42. The van der Waals surface area contributed by atoms with Gasteiger partial charge in [-0.05, 0) is 30.0 Å². The molecule has 0 saturated heterocycles. The predicted molar refractivity (Wildman–Crippen MR) is 77.8 cm³/mol. The summed E-state index contributed by atoms with van der Waals surface area (Å²) in [6, 6.07) is 6.78. The number of amides is 1. The molecule has 0 aliphatic heterocycles. The van der Waals surface area contributed by atoms with Crippen LogP contribution in [0.1, 0.15) is 31.7 Å². The predicted octanol–water partition coefficient (Wildman–Crippen LogP) is 3.96. The van der Waals surface area contributed by atoms with Crippen LogP contribution in [-0.4, -0.2) is 18.9 Å². The fourth-order valence-electron chi connectivity index (χ4n) is 3.10. The van der Waals surface area contributed by atoms with E-state index in [4.69, 9.17) is 0 Å². The molecule has 2 atom stereocenters. The van der Waals surface area contributed by atoms with Crippen LogP contribution in [0.3, 0.4) is 0 Å². The maximum absolute atomic E-state index is 14.4.